The van der Waals surface area contributed by atoms with E-state index in [0.29, 0.717) is 100 Å². The molecule has 3 heterocycles. The molecule has 10 rings (SSSR count). The van der Waals surface area contributed by atoms with Crippen LogP contribution in [0.2, 0.25) is 0 Å². The van der Waals surface area contributed by atoms with Crippen molar-refractivity contribution in [3.05, 3.63) is 190 Å². The zero-order chi connectivity index (χ0) is 70.5. The summed E-state index contributed by atoms with van der Waals surface area (Å²) in [6, 6.07) is 39.6. The summed E-state index contributed by atoms with van der Waals surface area (Å²) in [6.07, 6.45) is -2.79. The number of hydrogen-bond acceptors (Lipinski definition) is 11. The fraction of sp³-hybridized carbons (Fsp3) is 0.461. The van der Waals surface area contributed by atoms with Gasteiger partial charge >= 0.3 is 18.4 Å². The molecule has 3 fully saturated rings. The van der Waals surface area contributed by atoms with Crippen LogP contribution in [0.5, 0.6) is 0 Å². The van der Waals surface area contributed by atoms with Gasteiger partial charge in [-0.15, -0.1) is 0 Å². The van der Waals surface area contributed by atoms with Gasteiger partial charge in [-0.05, 0) is 154 Å². The molecular weight excluding hydrogens is 1290 g/mol. The van der Waals surface area contributed by atoms with Crippen LogP contribution in [0.4, 0.5) is 46.9 Å². The summed E-state index contributed by atoms with van der Waals surface area (Å²) < 4.78 is 116. The van der Waals surface area contributed by atoms with Gasteiger partial charge in [0.15, 0.2) is 0 Å². The van der Waals surface area contributed by atoms with Crippen LogP contribution in [-0.4, -0.2) is 185 Å². The minimum Gasteiger partial charge on any atom is -0.446 e. The number of nitrogens with zero attached hydrogens (tertiary/aromatic N) is 7. The number of para-hydroxylation sites is 1. The Bertz CT molecular complexity index is 3680. The molecule has 1 spiro atoms. The van der Waals surface area contributed by atoms with Crippen molar-refractivity contribution in [3.8, 4) is 11.1 Å². The maximum absolute atomic E-state index is 14.3. The lowest BCUT2D eigenvalue weighted by Crippen LogP contribution is -2.50. The lowest BCUT2D eigenvalue weighted by Gasteiger charge is -2.44. The van der Waals surface area contributed by atoms with Gasteiger partial charge in [-0.3, -0.25) is 24.5 Å². The standard InChI is InChI=1S/C76H89F7N8O8/c1-85(37-15-6-5-10-23-68(92)87(3)45-46-89-40-32-63(33-41-89)99-72(96)84-66-22-14-12-20-64(66)54-17-8-7-9-18-54)62-30-24-55(25-31-62)70(94)88(4)39-16-38-86(2)69(93)51-97-67-49-56-19-11-13-21-65(56)73(67)34-42-90(43-35-73)44-36-74(58-26-28-61(77)29-27-58)52-91(53-98-74)71(95)57-47-59(75(78,79)80)50-60(48-57)76(81,82)83/h7-9,11-14,17-22,24-31,47-48,50,63,67H,5-6,10,15-16,23,32-46,49,51-53H2,1-4H3,(H,84,96)/t67-,74-/m0/s1. The zero-order valence-electron chi connectivity index (χ0n) is 56.7. The van der Waals surface area contributed by atoms with Crippen molar-refractivity contribution in [1.82, 2.24) is 29.4 Å². The number of alkyl halides is 6. The van der Waals surface area contributed by atoms with E-state index in [1.807, 2.05) is 110 Å². The van der Waals surface area contributed by atoms with Crippen molar-refractivity contribution in [2.24, 2.45) is 0 Å². The highest BCUT2D eigenvalue weighted by atomic mass is 19.4. The molecule has 1 N–H and O–H groups in total. The molecule has 2 atom stereocenters. The molecule has 16 nitrogen and oxygen atoms in total. The van der Waals surface area contributed by atoms with Crippen LogP contribution in [0, 0.1) is 5.82 Å². The average Bonchev–Trinajstić information content (AvgIpc) is 1.61. The number of benzene rings is 6. The molecule has 1 aliphatic carbocycles. The Kier molecular flexibility index (Phi) is 24.3. The first-order valence-electron chi connectivity index (χ1n) is 34.2. The molecule has 4 aliphatic rings. The molecular formula is C76H89F7N8O8. The summed E-state index contributed by atoms with van der Waals surface area (Å²) in [5.74, 6) is -1.78. The molecule has 0 radical (unpaired) electrons. The number of unbranched alkanes of at least 4 members (excludes halogenated alkanes) is 3. The van der Waals surface area contributed by atoms with Crippen molar-refractivity contribution in [2.45, 2.75) is 113 Å². The van der Waals surface area contributed by atoms with E-state index in [-0.39, 0.29) is 55.6 Å². The molecule has 3 saturated heterocycles. The second kappa shape index (κ2) is 32.7. The first-order valence-corrected chi connectivity index (χ1v) is 34.2. The van der Waals surface area contributed by atoms with Gasteiger partial charge in [0.1, 0.15) is 30.9 Å². The highest BCUT2D eigenvalue weighted by Crippen LogP contribution is 2.49. The van der Waals surface area contributed by atoms with E-state index in [4.69, 9.17) is 14.2 Å². The number of amides is 5. The molecule has 0 saturated carbocycles. The number of hydrogen-bond donors (Lipinski definition) is 1. The van der Waals surface area contributed by atoms with Gasteiger partial charge in [-0.2, -0.15) is 26.3 Å². The Morgan fingerprint density at radius 2 is 1.25 bits per heavy atom. The number of fused-ring (bicyclic) bond motifs is 2. The maximum Gasteiger partial charge on any atom is 0.416 e. The van der Waals surface area contributed by atoms with Crippen LogP contribution in [-0.2, 0) is 53.6 Å². The van der Waals surface area contributed by atoms with E-state index < -0.39 is 64.6 Å². The van der Waals surface area contributed by atoms with Crippen LogP contribution >= 0.6 is 0 Å². The number of carbonyl (C=O) groups excluding carboxylic acids is 5. The second-order valence-corrected chi connectivity index (χ2v) is 26.8. The summed E-state index contributed by atoms with van der Waals surface area (Å²) in [4.78, 5) is 79.8. The number of nitrogens with one attached hydrogen (secondary N) is 1. The third-order valence-corrected chi connectivity index (χ3v) is 20.2. The molecule has 0 bridgehead atoms. The third-order valence-electron chi connectivity index (χ3n) is 20.2. The van der Waals surface area contributed by atoms with E-state index in [1.165, 1.54) is 29.8 Å². The first kappa shape index (κ1) is 73.3. The summed E-state index contributed by atoms with van der Waals surface area (Å²) in [5.41, 5.74) is 1.33. The molecule has 0 unspecified atom stereocenters. The largest absolute Gasteiger partial charge is 0.446 e. The van der Waals surface area contributed by atoms with E-state index >= 15 is 0 Å². The predicted molar refractivity (Wildman–Crippen MR) is 364 cm³/mol. The zero-order valence-corrected chi connectivity index (χ0v) is 56.7. The van der Waals surface area contributed by atoms with Gasteiger partial charge in [-0.25, -0.2) is 9.18 Å². The highest BCUT2D eigenvalue weighted by molar-refractivity contribution is 5.95. The molecule has 0 aromatic heterocycles. The smallest absolute Gasteiger partial charge is 0.416 e. The Labute approximate surface area is 574 Å². The maximum atomic E-state index is 14.3. The number of carbonyl (C=O) groups is 5. The van der Waals surface area contributed by atoms with Crippen molar-refractivity contribution >= 4 is 41.1 Å². The van der Waals surface area contributed by atoms with Crippen LogP contribution < -0.4 is 10.2 Å². The summed E-state index contributed by atoms with van der Waals surface area (Å²) in [7, 11) is 7.36. The number of halogens is 7. The van der Waals surface area contributed by atoms with Gasteiger partial charge in [0, 0.05) is 115 Å². The molecule has 99 heavy (non-hydrogen) atoms. The number of rotatable bonds is 27. The van der Waals surface area contributed by atoms with Gasteiger partial charge in [0.2, 0.25) is 11.8 Å². The third kappa shape index (κ3) is 18.7. The number of likely N-dealkylation sites (N-methyl/N-ethyl adjacent to an activating group) is 2. The molecule has 6 aromatic rings. The summed E-state index contributed by atoms with van der Waals surface area (Å²) in [6.45, 7) is 5.49. The average molecular weight is 1380 g/mol. The van der Waals surface area contributed by atoms with Crippen LogP contribution in [0.15, 0.2) is 146 Å². The van der Waals surface area contributed by atoms with Crippen molar-refractivity contribution < 1.29 is 68.9 Å². The Balaban J connectivity index is 0.603. The van der Waals surface area contributed by atoms with E-state index in [2.05, 4.69) is 32.1 Å². The Hall–Kier alpha value is -8.38. The fourth-order valence-corrected chi connectivity index (χ4v) is 14.1. The minimum absolute atomic E-state index is 0.0273. The fourth-order valence-electron chi connectivity index (χ4n) is 14.1. The van der Waals surface area contributed by atoms with Crippen LogP contribution in [0.1, 0.15) is 119 Å². The first-order chi connectivity index (χ1) is 47.4. The highest BCUT2D eigenvalue weighted by Gasteiger charge is 2.50. The van der Waals surface area contributed by atoms with Crippen molar-refractivity contribution in [3.63, 3.8) is 0 Å². The van der Waals surface area contributed by atoms with Gasteiger partial charge < -0.3 is 48.5 Å². The van der Waals surface area contributed by atoms with Gasteiger partial charge in [0.25, 0.3) is 11.8 Å². The monoisotopic (exact) mass is 1370 g/mol. The molecule has 3 aliphatic heterocycles. The number of ether oxygens (including phenoxy) is 3. The van der Waals surface area contributed by atoms with Gasteiger partial charge in [0.05, 0.1) is 29.5 Å². The second-order valence-electron chi connectivity index (χ2n) is 26.8. The van der Waals surface area contributed by atoms with Crippen molar-refractivity contribution in [2.75, 3.05) is 124 Å². The molecule has 5 amide bonds. The summed E-state index contributed by atoms with van der Waals surface area (Å²) in [5, 5.41) is 2.94. The van der Waals surface area contributed by atoms with Crippen LogP contribution in [0.3, 0.4) is 0 Å². The number of anilines is 2. The van der Waals surface area contributed by atoms with Crippen LogP contribution in [0.25, 0.3) is 11.1 Å². The van der Waals surface area contributed by atoms with E-state index in [0.717, 1.165) is 92.0 Å². The lowest BCUT2D eigenvalue weighted by atomic mass is 9.72. The number of likely N-dealkylation sites (tertiary alicyclic amines) is 2. The molecule has 6 aromatic carbocycles. The molecule has 23 heteroatoms. The van der Waals surface area contributed by atoms with Crippen molar-refractivity contribution in [1.29, 1.82) is 0 Å². The quantitative estimate of drug-likeness (QED) is 0.0388. The molecule has 530 valence electrons. The Morgan fingerprint density at radius 1 is 0.626 bits per heavy atom. The minimum atomic E-state index is -5.15. The lowest BCUT2D eigenvalue weighted by molar-refractivity contribution is -0.143. The number of piperidine rings is 2. The normalized spacial score (nSPS) is 18.1. The van der Waals surface area contributed by atoms with E-state index in [1.54, 1.807) is 23.9 Å². The predicted octanol–water partition coefficient (Wildman–Crippen LogP) is 13.4. The van der Waals surface area contributed by atoms with E-state index in [9.17, 15) is 54.7 Å². The SMILES string of the molecule is CN(CCN1CCC(OC(=O)Nc2ccccc2-c2ccccc2)CC1)C(=O)CCCCCCN(C)c1ccc(C(=O)N(C)CCCN(C)C(=O)CO[C@H]2Cc3ccccc3C23CCN(CC[C@@]2(c4ccc(F)cc4)CN(C(=O)c4cc(C(F)(F)F)cc(C(F)(F)F)c4)CO2)CC3)cc1. The Morgan fingerprint density at radius 3 is 1.95 bits per heavy atom. The summed E-state index contributed by atoms with van der Waals surface area (Å²) >= 11 is 0. The topological polar surface area (TPSA) is 148 Å². The van der Waals surface area contributed by atoms with Gasteiger partial charge in [-0.1, -0.05) is 97.8 Å².